The largest absolute Gasteiger partial charge is 0.370 e. The summed E-state index contributed by atoms with van der Waals surface area (Å²) in [5.41, 5.74) is 6.65. The number of benzene rings is 1. The van der Waals surface area contributed by atoms with Gasteiger partial charge in [0.2, 0.25) is 0 Å². The summed E-state index contributed by atoms with van der Waals surface area (Å²) in [7, 11) is 0. The standard InChI is InChI=1S/C13H20FN3/c1-2-8-16-13(15)17-9-4-6-11-5-3-7-12(14)10-11/h3,5,7,10H,2,4,6,8-9H2,1H3,(H3,15,16,17). The molecule has 0 aliphatic rings. The molecular formula is C13H20FN3. The first-order valence-electron chi connectivity index (χ1n) is 6.00. The van der Waals surface area contributed by atoms with E-state index in [2.05, 4.69) is 17.2 Å². The van der Waals surface area contributed by atoms with E-state index < -0.39 is 0 Å². The zero-order chi connectivity index (χ0) is 12.5. The summed E-state index contributed by atoms with van der Waals surface area (Å²) in [4.78, 5) is 4.12. The molecule has 0 heterocycles. The lowest BCUT2D eigenvalue weighted by atomic mass is 10.1. The van der Waals surface area contributed by atoms with Gasteiger partial charge in [0.05, 0.1) is 0 Å². The number of halogens is 1. The average Bonchev–Trinajstić information content (AvgIpc) is 2.32. The molecule has 17 heavy (non-hydrogen) atoms. The highest BCUT2D eigenvalue weighted by molar-refractivity contribution is 5.77. The van der Waals surface area contributed by atoms with Gasteiger partial charge in [-0.05, 0) is 37.0 Å². The number of hydrogen-bond acceptors (Lipinski definition) is 1. The van der Waals surface area contributed by atoms with Gasteiger partial charge in [-0.1, -0.05) is 19.1 Å². The second kappa shape index (κ2) is 7.65. The number of nitrogens with two attached hydrogens (primary N) is 1. The zero-order valence-electron chi connectivity index (χ0n) is 10.2. The van der Waals surface area contributed by atoms with Crippen molar-refractivity contribution in [3.05, 3.63) is 35.6 Å². The van der Waals surface area contributed by atoms with Crippen molar-refractivity contribution in [2.75, 3.05) is 13.1 Å². The van der Waals surface area contributed by atoms with Crippen LogP contribution in [-0.4, -0.2) is 19.0 Å². The maximum Gasteiger partial charge on any atom is 0.188 e. The van der Waals surface area contributed by atoms with Gasteiger partial charge < -0.3 is 11.1 Å². The highest BCUT2D eigenvalue weighted by atomic mass is 19.1. The molecule has 1 aromatic carbocycles. The lowest BCUT2D eigenvalue weighted by molar-refractivity contribution is 0.624. The first kappa shape index (κ1) is 13.5. The smallest absolute Gasteiger partial charge is 0.188 e. The van der Waals surface area contributed by atoms with Crippen molar-refractivity contribution in [1.29, 1.82) is 0 Å². The van der Waals surface area contributed by atoms with E-state index in [4.69, 9.17) is 5.73 Å². The summed E-state index contributed by atoms with van der Waals surface area (Å²) in [6.45, 7) is 3.57. The van der Waals surface area contributed by atoms with Gasteiger partial charge in [0.1, 0.15) is 5.82 Å². The second-order valence-corrected chi connectivity index (χ2v) is 3.93. The molecule has 0 fully saturated rings. The van der Waals surface area contributed by atoms with Crippen LogP contribution in [-0.2, 0) is 6.42 Å². The van der Waals surface area contributed by atoms with Crippen LogP contribution < -0.4 is 11.1 Å². The molecule has 0 spiro atoms. The molecule has 0 bridgehead atoms. The Bertz CT molecular complexity index is 363. The summed E-state index contributed by atoms with van der Waals surface area (Å²) in [5.74, 6) is 0.311. The monoisotopic (exact) mass is 237 g/mol. The molecule has 3 nitrogen and oxygen atoms in total. The topological polar surface area (TPSA) is 50.4 Å². The quantitative estimate of drug-likeness (QED) is 0.452. The summed E-state index contributed by atoms with van der Waals surface area (Å²) in [5, 5.41) is 3.04. The number of nitrogens with zero attached hydrogens (tertiary/aromatic N) is 1. The Morgan fingerprint density at radius 1 is 1.47 bits per heavy atom. The third-order valence-corrected chi connectivity index (χ3v) is 2.34. The van der Waals surface area contributed by atoms with E-state index in [9.17, 15) is 4.39 Å². The molecule has 0 saturated carbocycles. The predicted octanol–water partition coefficient (Wildman–Crippen LogP) is 2.07. The van der Waals surface area contributed by atoms with Crippen LogP contribution >= 0.6 is 0 Å². The number of hydrogen-bond donors (Lipinski definition) is 2. The molecule has 94 valence electrons. The Morgan fingerprint density at radius 2 is 2.29 bits per heavy atom. The van der Waals surface area contributed by atoms with Crippen LogP contribution in [0.2, 0.25) is 0 Å². The van der Waals surface area contributed by atoms with Crippen molar-refractivity contribution >= 4 is 5.96 Å². The average molecular weight is 237 g/mol. The molecule has 0 aliphatic carbocycles. The number of aliphatic imine (C=N–C) groups is 1. The van der Waals surface area contributed by atoms with Crippen LogP contribution in [0.1, 0.15) is 25.3 Å². The van der Waals surface area contributed by atoms with Crippen molar-refractivity contribution in [3.8, 4) is 0 Å². The summed E-state index contributed by atoms with van der Waals surface area (Å²) in [6, 6.07) is 6.68. The fourth-order valence-electron chi connectivity index (χ4n) is 1.49. The minimum Gasteiger partial charge on any atom is -0.370 e. The third-order valence-electron chi connectivity index (χ3n) is 2.34. The van der Waals surface area contributed by atoms with Crippen LogP contribution in [0.25, 0.3) is 0 Å². The van der Waals surface area contributed by atoms with E-state index in [0.29, 0.717) is 5.96 Å². The Hall–Kier alpha value is -1.58. The predicted molar refractivity (Wildman–Crippen MR) is 69.5 cm³/mol. The lowest BCUT2D eigenvalue weighted by Crippen LogP contribution is -2.32. The van der Waals surface area contributed by atoms with Gasteiger partial charge in [-0.2, -0.15) is 0 Å². The summed E-state index contributed by atoms with van der Waals surface area (Å²) >= 11 is 0. The number of aryl methyl sites for hydroxylation is 1. The molecule has 0 radical (unpaired) electrons. The van der Waals surface area contributed by atoms with Crippen molar-refractivity contribution in [1.82, 2.24) is 5.32 Å². The Morgan fingerprint density at radius 3 is 3.00 bits per heavy atom. The van der Waals surface area contributed by atoms with Gasteiger partial charge in [0.15, 0.2) is 5.96 Å². The zero-order valence-corrected chi connectivity index (χ0v) is 10.2. The Kier molecular flexibility index (Phi) is 6.07. The lowest BCUT2D eigenvalue weighted by Gasteiger charge is -2.05. The van der Waals surface area contributed by atoms with E-state index in [1.54, 1.807) is 12.1 Å². The molecule has 0 unspecified atom stereocenters. The van der Waals surface area contributed by atoms with Crippen LogP contribution in [0, 0.1) is 5.82 Å². The summed E-state index contributed by atoms with van der Waals surface area (Å²) < 4.78 is 12.9. The Balaban J connectivity index is 2.20. The van der Waals surface area contributed by atoms with Gasteiger partial charge in [-0.3, -0.25) is 4.99 Å². The van der Waals surface area contributed by atoms with Crippen molar-refractivity contribution in [3.63, 3.8) is 0 Å². The van der Waals surface area contributed by atoms with Gasteiger partial charge in [-0.15, -0.1) is 0 Å². The maximum atomic E-state index is 12.9. The molecule has 0 atom stereocenters. The van der Waals surface area contributed by atoms with Crippen LogP contribution in [0.15, 0.2) is 29.3 Å². The molecule has 3 N–H and O–H groups in total. The molecule has 4 heteroatoms. The van der Waals surface area contributed by atoms with Crippen molar-refractivity contribution in [2.24, 2.45) is 10.7 Å². The molecule has 0 amide bonds. The third kappa shape index (κ3) is 5.90. The number of nitrogens with one attached hydrogen (secondary N) is 1. The number of guanidine groups is 1. The fourth-order valence-corrected chi connectivity index (χ4v) is 1.49. The van der Waals surface area contributed by atoms with Gasteiger partial charge in [0, 0.05) is 13.1 Å². The van der Waals surface area contributed by atoms with E-state index in [1.807, 2.05) is 6.07 Å². The highest BCUT2D eigenvalue weighted by Gasteiger charge is 1.96. The van der Waals surface area contributed by atoms with Crippen molar-refractivity contribution in [2.45, 2.75) is 26.2 Å². The highest BCUT2D eigenvalue weighted by Crippen LogP contribution is 2.05. The Labute approximate surface area is 102 Å². The first-order valence-corrected chi connectivity index (χ1v) is 6.00. The summed E-state index contributed by atoms with van der Waals surface area (Å²) in [6.07, 6.45) is 2.74. The number of rotatable bonds is 6. The SMILES string of the molecule is CCCN=C(N)NCCCc1cccc(F)c1. The first-order chi connectivity index (χ1) is 8.22. The molecule has 0 saturated heterocycles. The van der Waals surface area contributed by atoms with E-state index in [1.165, 1.54) is 6.07 Å². The normalized spacial score (nSPS) is 11.5. The van der Waals surface area contributed by atoms with E-state index in [0.717, 1.165) is 37.9 Å². The molecule has 0 aliphatic heterocycles. The van der Waals surface area contributed by atoms with Crippen LogP contribution in [0.5, 0.6) is 0 Å². The van der Waals surface area contributed by atoms with Gasteiger partial charge in [0.25, 0.3) is 0 Å². The second-order valence-electron chi connectivity index (χ2n) is 3.93. The van der Waals surface area contributed by atoms with E-state index >= 15 is 0 Å². The van der Waals surface area contributed by atoms with Crippen LogP contribution in [0.3, 0.4) is 0 Å². The van der Waals surface area contributed by atoms with Gasteiger partial charge >= 0.3 is 0 Å². The van der Waals surface area contributed by atoms with Crippen molar-refractivity contribution < 1.29 is 4.39 Å². The molecule has 0 aromatic heterocycles. The molecule has 1 rings (SSSR count). The molecular weight excluding hydrogens is 217 g/mol. The fraction of sp³-hybridized carbons (Fsp3) is 0.462. The minimum absolute atomic E-state index is 0.181. The van der Waals surface area contributed by atoms with Crippen LogP contribution in [0.4, 0.5) is 4.39 Å². The van der Waals surface area contributed by atoms with E-state index in [-0.39, 0.29) is 5.82 Å². The minimum atomic E-state index is -0.181. The maximum absolute atomic E-state index is 12.9. The van der Waals surface area contributed by atoms with Gasteiger partial charge in [-0.25, -0.2) is 4.39 Å². The molecule has 1 aromatic rings.